The van der Waals surface area contributed by atoms with E-state index in [1.807, 2.05) is 6.92 Å². The first kappa shape index (κ1) is 18.5. The van der Waals surface area contributed by atoms with E-state index >= 15 is 0 Å². The fraction of sp³-hybridized carbons (Fsp3) is 0.444. The maximum absolute atomic E-state index is 13.1. The molecule has 0 unspecified atom stereocenters. The minimum atomic E-state index is -0.336. The third kappa shape index (κ3) is 4.35. The Kier molecular flexibility index (Phi) is 6.37. The van der Waals surface area contributed by atoms with Crippen LogP contribution in [0.5, 0.6) is 0 Å². The van der Waals surface area contributed by atoms with Crippen LogP contribution in [-0.4, -0.2) is 21.7 Å². The van der Waals surface area contributed by atoms with E-state index in [4.69, 9.17) is 11.6 Å². The number of hydrogen-bond acceptors (Lipinski definition) is 2. The maximum Gasteiger partial charge on any atom is 0.256 e. The first-order chi connectivity index (χ1) is 11.4. The van der Waals surface area contributed by atoms with Gasteiger partial charge in [0.1, 0.15) is 11.0 Å². The Balaban J connectivity index is 2.16. The van der Waals surface area contributed by atoms with E-state index in [2.05, 4.69) is 17.3 Å². The number of hydrogen-bond donors (Lipinski definition) is 1. The van der Waals surface area contributed by atoms with Crippen LogP contribution in [0, 0.1) is 12.7 Å². The largest absolute Gasteiger partial charge is 0.349 e. The van der Waals surface area contributed by atoms with Crippen molar-refractivity contribution in [2.45, 2.75) is 52.5 Å². The first-order valence-corrected chi connectivity index (χ1v) is 8.63. The van der Waals surface area contributed by atoms with Crippen LogP contribution >= 0.6 is 11.6 Å². The molecular formula is C18H23ClFN3O. The van der Waals surface area contributed by atoms with Gasteiger partial charge >= 0.3 is 0 Å². The number of aryl methyl sites for hydroxylation is 1. The lowest BCUT2D eigenvalue weighted by atomic mass is 10.1. The molecule has 1 N–H and O–H groups in total. The number of carbonyl (C=O) groups is 1. The van der Waals surface area contributed by atoms with Gasteiger partial charge in [-0.25, -0.2) is 9.07 Å². The lowest BCUT2D eigenvalue weighted by Gasteiger charge is -2.13. The summed E-state index contributed by atoms with van der Waals surface area (Å²) in [4.78, 5) is 12.5. The van der Waals surface area contributed by atoms with E-state index in [1.54, 1.807) is 19.1 Å². The summed E-state index contributed by atoms with van der Waals surface area (Å²) in [6.45, 7) is 5.87. The fourth-order valence-electron chi connectivity index (χ4n) is 2.58. The van der Waals surface area contributed by atoms with Crippen molar-refractivity contribution in [3.63, 3.8) is 0 Å². The molecule has 24 heavy (non-hydrogen) atoms. The molecule has 0 aliphatic carbocycles. The molecule has 2 rings (SSSR count). The number of nitrogens with zero attached hydrogens (tertiary/aromatic N) is 2. The number of halogens is 2. The quantitative estimate of drug-likeness (QED) is 0.737. The number of aromatic nitrogens is 2. The number of nitrogens with one attached hydrogen (secondary N) is 1. The zero-order valence-electron chi connectivity index (χ0n) is 14.3. The maximum atomic E-state index is 13.1. The normalized spacial score (nSPS) is 12.2. The molecule has 1 amide bonds. The Hall–Kier alpha value is -1.88. The van der Waals surface area contributed by atoms with Crippen LogP contribution < -0.4 is 5.32 Å². The number of carbonyl (C=O) groups excluding carboxylic acids is 1. The molecule has 4 nitrogen and oxygen atoms in total. The molecule has 1 atom stereocenters. The summed E-state index contributed by atoms with van der Waals surface area (Å²) < 4.78 is 14.5. The molecule has 0 fully saturated rings. The van der Waals surface area contributed by atoms with Crippen molar-refractivity contribution in [2.24, 2.45) is 0 Å². The van der Waals surface area contributed by atoms with Crippen molar-refractivity contribution < 1.29 is 9.18 Å². The Labute approximate surface area is 147 Å². The summed E-state index contributed by atoms with van der Waals surface area (Å²) in [6, 6.07) is 5.88. The van der Waals surface area contributed by atoms with Gasteiger partial charge < -0.3 is 5.32 Å². The van der Waals surface area contributed by atoms with Gasteiger partial charge in [0.15, 0.2) is 0 Å². The molecule has 0 bridgehead atoms. The second-order valence-electron chi connectivity index (χ2n) is 6.01. The molecule has 130 valence electrons. The highest BCUT2D eigenvalue weighted by Gasteiger charge is 2.22. The predicted molar refractivity (Wildman–Crippen MR) is 94.3 cm³/mol. The van der Waals surface area contributed by atoms with Crippen LogP contribution in [0.15, 0.2) is 24.3 Å². The van der Waals surface area contributed by atoms with Crippen LogP contribution in [0.3, 0.4) is 0 Å². The summed E-state index contributed by atoms with van der Waals surface area (Å²) in [5, 5.41) is 7.52. The molecule has 0 radical (unpaired) electrons. The van der Waals surface area contributed by atoms with Gasteiger partial charge in [-0.2, -0.15) is 5.10 Å². The third-order valence-corrected chi connectivity index (χ3v) is 4.27. The summed E-state index contributed by atoms with van der Waals surface area (Å²) in [7, 11) is 0. The summed E-state index contributed by atoms with van der Waals surface area (Å²) in [6.07, 6.45) is 4.32. The van der Waals surface area contributed by atoms with E-state index in [0.29, 0.717) is 16.9 Å². The van der Waals surface area contributed by atoms with Crippen molar-refractivity contribution in [2.75, 3.05) is 0 Å². The SMILES string of the molecule is CCCCC[C@H](C)NC(=O)c1c(C)nn(-c2ccc(F)cc2)c1Cl. The molecule has 0 aliphatic rings. The number of benzene rings is 1. The topological polar surface area (TPSA) is 46.9 Å². The van der Waals surface area contributed by atoms with E-state index < -0.39 is 0 Å². The first-order valence-electron chi connectivity index (χ1n) is 8.26. The van der Waals surface area contributed by atoms with Gasteiger partial charge in [0.2, 0.25) is 0 Å². The minimum Gasteiger partial charge on any atom is -0.349 e. The highest BCUT2D eigenvalue weighted by atomic mass is 35.5. The van der Waals surface area contributed by atoms with E-state index in [9.17, 15) is 9.18 Å². The minimum absolute atomic E-state index is 0.0775. The van der Waals surface area contributed by atoms with Crippen LogP contribution in [0.25, 0.3) is 5.69 Å². The third-order valence-electron chi connectivity index (χ3n) is 3.92. The Morgan fingerprint density at radius 1 is 1.33 bits per heavy atom. The van der Waals surface area contributed by atoms with Gasteiger partial charge in [0.05, 0.1) is 16.9 Å². The lowest BCUT2D eigenvalue weighted by Crippen LogP contribution is -2.32. The van der Waals surface area contributed by atoms with E-state index in [-0.39, 0.29) is 22.9 Å². The van der Waals surface area contributed by atoms with Gasteiger partial charge in [-0.1, -0.05) is 37.8 Å². The molecule has 2 aromatic rings. The van der Waals surface area contributed by atoms with Gasteiger partial charge in [-0.15, -0.1) is 0 Å². The van der Waals surface area contributed by atoms with Crippen LogP contribution in [0.1, 0.15) is 55.6 Å². The number of amides is 1. The fourth-order valence-corrected chi connectivity index (χ4v) is 2.94. The zero-order valence-corrected chi connectivity index (χ0v) is 15.0. The van der Waals surface area contributed by atoms with Crippen molar-refractivity contribution in [3.8, 4) is 5.69 Å². The predicted octanol–water partition coefficient (Wildman–Crippen LogP) is 4.67. The standard InChI is InChI=1S/C18H23ClFN3O/c1-4-5-6-7-12(2)21-18(24)16-13(3)22-23(17(16)19)15-10-8-14(20)9-11-15/h8-12H,4-7H2,1-3H3,(H,21,24)/t12-/m0/s1. The molecular weight excluding hydrogens is 329 g/mol. The average Bonchev–Trinajstić information content (AvgIpc) is 2.83. The summed E-state index contributed by atoms with van der Waals surface area (Å²) in [5.41, 5.74) is 1.52. The lowest BCUT2D eigenvalue weighted by molar-refractivity contribution is 0.0937. The summed E-state index contributed by atoms with van der Waals surface area (Å²) >= 11 is 6.35. The Morgan fingerprint density at radius 3 is 2.62 bits per heavy atom. The zero-order chi connectivity index (χ0) is 17.7. The molecule has 0 saturated heterocycles. The smallest absolute Gasteiger partial charge is 0.256 e. The van der Waals surface area contributed by atoms with E-state index in [0.717, 1.165) is 25.7 Å². The van der Waals surface area contributed by atoms with Crippen molar-refractivity contribution in [1.82, 2.24) is 15.1 Å². The van der Waals surface area contributed by atoms with Crippen LogP contribution in [-0.2, 0) is 0 Å². The van der Waals surface area contributed by atoms with Crippen molar-refractivity contribution in [1.29, 1.82) is 0 Å². The second kappa shape index (κ2) is 8.29. The van der Waals surface area contributed by atoms with Crippen LogP contribution in [0.4, 0.5) is 4.39 Å². The molecule has 0 spiro atoms. The summed E-state index contributed by atoms with van der Waals surface area (Å²) in [5.74, 6) is -0.563. The highest BCUT2D eigenvalue weighted by molar-refractivity contribution is 6.33. The number of rotatable bonds is 7. The van der Waals surface area contributed by atoms with Crippen LogP contribution in [0.2, 0.25) is 5.15 Å². The average molecular weight is 352 g/mol. The van der Waals surface area contributed by atoms with Gasteiger partial charge in [-0.05, 0) is 44.5 Å². The Bertz CT molecular complexity index is 697. The Morgan fingerprint density at radius 2 is 2.00 bits per heavy atom. The second-order valence-corrected chi connectivity index (χ2v) is 6.37. The monoisotopic (exact) mass is 351 g/mol. The molecule has 1 aromatic carbocycles. The molecule has 1 aromatic heterocycles. The van der Waals surface area contributed by atoms with Gasteiger partial charge in [0.25, 0.3) is 5.91 Å². The molecule has 0 aliphatic heterocycles. The number of unbranched alkanes of at least 4 members (excludes halogenated alkanes) is 2. The van der Waals surface area contributed by atoms with Gasteiger partial charge in [0, 0.05) is 6.04 Å². The highest BCUT2D eigenvalue weighted by Crippen LogP contribution is 2.24. The molecule has 6 heteroatoms. The van der Waals surface area contributed by atoms with Crippen molar-refractivity contribution >= 4 is 17.5 Å². The van der Waals surface area contributed by atoms with Gasteiger partial charge in [-0.3, -0.25) is 4.79 Å². The van der Waals surface area contributed by atoms with Crippen molar-refractivity contribution in [3.05, 3.63) is 46.5 Å². The van der Waals surface area contributed by atoms with E-state index in [1.165, 1.54) is 16.8 Å². The molecule has 1 heterocycles. The molecule has 0 saturated carbocycles.